The Morgan fingerprint density at radius 1 is 1.35 bits per heavy atom. The summed E-state index contributed by atoms with van der Waals surface area (Å²) in [7, 11) is 1.81. The van der Waals surface area contributed by atoms with E-state index < -0.39 is 0 Å². The maximum atomic E-state index is 12.7. The number of aromatic nitrogens is 2. The molecule has 26 heavy (non-hydrogen) atoms. The second-order valence-corrected chi connectivity index (χ2v) is 6.11. The summed E-state index contributed by atoms with van der Waals surface area (Å²) in [4.78, 5) is 25.2. The van der Waals surface area contributed by atoms with E-state index >= 15 is 0 Å². The van der Waals surface area contributed by atoms with Crippen LogP contribution in [0.3, 0.4) is 0 Å². The number of carbonyl (C=O) groups is 1. The van der Waals surface area contributed by atoms with Gasteiger partial charge in [0.2, 0.25) is 0 Å². The Bertz CT molecular complexity index is 815. The predicted octanol–water partition coefficient (Wildman–Crippen LogP) is 2.10. The number of ether oxygens (including phenoxy) is 1. The van der Waals surface area contributed by atoms with E-state index in [1.807, 2.05) is 14.0 Å². The zero-order chi connectivity index (χ0) is 18.5. The van der Waals surface area contributed by atoms with Gasteiger partial charge in [-0.25, -0.2) is 9.97 Å². The number of anilines is 1. The highest BCUT2D eigenvalue weighted by Crippen LogP contribution is 2.28. The molecule has 0 radical (unpaired) electrons. The zero-order valence-electron chi connectivity index (χ0n) is 14.9. The van der Waals surface area contributed by atoms with Crippen LogP contribution in [0.4, 0.5) is 5.82 Å². The van der Waals surface area contributed by atoms with Gasteiger partial charge >= 0.3 is 0 Å². The smallest absolute Gasteiger partial charge is 0.257 e. The molecule has 134 valence electrons. The van der Waals surface area contributed by atoms with Crippen LogP contribution in [0, 0.1) is 11.3 Å². The molecule has 1 aromatic carbocycles. The summed E-state index contributed by atoms with van der Waals surface area (Å²) in [5.74, 6) is 1.19. The Kier molecular flexibility index (Phi) is 5.32. The summed E-state index contributed by atoms with van der Waals surface area (Å²) in [5, 5.41) is 8.87. The second-order valence-electron chi connectivity index (χ2n) is 6.11. The van der Waals surface area contributed by atoms with Crippen LogP contribution in [-0.2, 0) is 0 Å². The van der Waals surface area contributed by atoms with E-state index in [1.165, 1.54) is 0 Å². The molecule has 0 spiro atoms. The van der Waals surface area contributed by atoms with Crippen molar-refractivity contribution in [2.45, 2.75) is 19.4 Å². The molecule has 1 aliphatic rings. The van der Waals surface area contributed by atoms with Crippen LogP contribution in [0.1, 0.15) is 29.3 Å². The van der Waals surface area contributed by atoms with E-state index in [-0.39, 0.29) is 11.9 Å². The lowest BCUT2D eigenvalue weighted by Crippen LogP contribution is -2.39. The maximum absolute atomic E-state index is 12.7. The number of hydrogen-bond donors (Lipinski definition) is 0. The van der Waals surface area contributed by atoms with Crippen molar-refractivity contribution in [1.29, 1.82) is 5.26 Å². The number of rotatable bonds is 5. The van der Waals surface area contributed by atoms with Crippen LogP contribution in [0.15, 0.2) is 36.7 Å². The van der Waals surface area contributed by atoms with E-state index in [4.69, 9.17) is 10.00 Å². The summed E-state index contributed by atoms with van der Waals surface area (Å²) in [5.41, 5.74) is 1.13. The predicted molar refractivity (Wildman–Crippen MR) is 97.1 cm³/mol. The highest BCUT2D eigenvalue weighted by Gasteiger charge is 2.31. The first-order valence-electron chi connectivity index (χ1n) is 8.60. The van der Waals surface area contributed by atoms with Crippen molar-refractivity contribution < 1.29 is 9.53 Å². The largest absolute Gasteiger partial charge is 0.475 e. The fourth-order valence-corrected chi connectivity index (χ4v) is 3.08. The van der Waals surface area contributed by atoms with Crippen LogP contribution >= 0.6 is 0 Å². The monoisotopic (exact) mass is 351 g/mol. The first-order chi connectivity index (χ1) is 12.6. The number of amides is 1. The molecule has 1 atom stereocenters. The lowest BCUT2D eigenvalue weighted by Gasteiger charge is -2.25. The molecule has 7 nitrogen and oxygen atoms in total. The average molecular weight is 351 g/mol. The fourth-order valence-electron chi connectivity index (χ4n) is 3.08. The molecule has 1 fully saturated rings. The number of nitrogens with zero attached hydrogens (tertiary/aromatic N) is 5. The second kappa shape index (κ2) is 7.83. The first-order valence-corrected chi connectivity index (χ1v) is 8.60. The van der Waals surface area contributed by atoms with Gasteiger partial charge in [0, 0.05) is 38.1 Å². The molecular weight excluding hydrogens is 330 g/mol. The van der Waals surface area contributed by atoms with Gasteiger partial charge in [0.25, 0.3) is 11.8 Å². The Balaban J connectivity index is 1.70. The van der Waals surface area contributed by atoms with Gasteiger partial charge in [-0.1, -0.05) is 0 Å². The molecule has 1 aromatic heterocycles. The van der Waals surface area contributed by atoms with E-state index in [2.05, 4.69) is 20.9 Å². The third kappa shape index (κ3) is 3.59. The number of nitriles is 1. The van der Waals surface area contributed by atoms with Gasteiger partial charge in [-0.3, -0.25) is 4.79 Å². The maximum Gasteiger partial charge on any atom is 0.257 e. The quantitative estimate of drug-likeness (QED) is 0.820. The Morgan fingerprint density at radius 3 is 2.77 bits per heavy atom. The van der Waals surface area contributed by atoms with Crippen molar-refractivity contribution in [3.05, 3.63) is 47.8 Å². The van der Waals surface area contributed by atoms with Gasteiger partial charge in [0.15, 0.2) is 5.82 Å². The fraction of sp³-hybridized carbons (Fsp3) is 0.368. The van der Waals surface area contributed by atoms with Crippen LogP contribution < -0.4 is 9.64 Å². The van der Waals surface area contributed by atoms with Crippen LogP contribution in [0.25, 0.3) is 0 Å². The normalized spacial score (nSPS) is 16.2. The summed E-state index contributed by atoms with van der Waals surface area (Å²) in [6.07, 6.45) is 4.11. The molecule has 2 aromatic rings. The lowest BCUT2D eigenvalue weighted by atomic mass is 10.1. The Morgan fingerprint density at radius 2 is 2.08 bits per heavy atom. The third-order valence-corrected chi connectivity index (χ3v) is 4.52. The number of likely N-dealkylation sites (N-methyl/N-ethyl adjacent to an activating group) is 1. The summed E-state index contributed by atoms with van der Waals surface area (Å²) >= 11 is 0. The van der Waals surface area contributed by atoms with Gasteiger partial charge in [-0.2, -0.15) is 5.26 Å². The molecule has 0 saturated carbocycles. The van der Waals surface area contributed by atoms with Gasteiger partial charge in [0.05, 0.1) is 24.3 Å². The molecule has 2 heterocycles. The van der Waals surface area contributed by atoms with Gasteiger partial charge in [-0.05, 0) is 37.6 Å². The van der Waals surface area contributed by atoms with E-state index in [0.717, 1.165) is 18.8 Å². The average Bonchev–Trinajstić information content (AvgIpc) is 3.17. The van der Waals surface area contributed by atoms with Crippen molar-refractivity contribution in [2.24, 2.45) is 0 Å². The van der Waals surface area contributed by atoms with E-state index in [9.17, 15) is 4.79 Å². The minimum Gasteiger partial charge on any atom is -0.475 e. The van der Waals surface area contributed by atoms with Crippen LogP contribution in [0.5, 0.6) is 5.88 Å². The molecule has 1 unspecified atom stereocenters. The van der Waals surface area contributed by atoms with Crippen molar-refractivity contribution in [1.82, 2.24) is 14.9 Å². The topological polar surface area (TPSA) is 82.4 Å². The minimum atomic E-state index is -0.0504. The highest BCUT2D eigenvalue weighted by atomic mass is 16.5. The third-order valence-electron chi connectivity index (χ3n) is 4.52. The molecule has 3 rings (SSSR count). The minimum absolute atomic E-state index is 0.0504. The van der Waals surface area contributed by atoms with Gasteiger partial charge in [0.1, 0.15) is 0 Å². The van der Waals surface area contributed by atoms with Gasteiger partial charge in [-0.15, -0.1) is 0 Å². The highest BCUT2D eigenvalue weighted by molar-refractivity contribution is 5.94. The van der Waals surface area contributed by atoms with E-state index in [1.54, 1.807) is 41.6 Å². The first kappa shape index (κ1) is 17.7. The molecule has 1 aliphatic heterocycles. The Hall–Kier alpha value is -3.14. The number of hydrogen-bond acceptors (Lipinski definition) is 6. The zero-order valence-corrected chi connectivity index (χ0v) is 14.9. The molecule has 0 aliphatic carbocycles. The summed E-state index contributed by atoms with van der Waals surface area (Å²) in [6.45, 7) is 3.90. The van der Waals surface area contributed by atoms with E-state index in [0.29, 0.717) is 30.2 Å². The standard InChI is InChI=1S/C19H21N5O2/c1-3-26-18-17(21-9-10-22-18)24-11-8-16(13-24)23(2)19(25)15-6-4-14(12-20)5-7-15/h4-7,9-10,16H,3,8,11,13H2,1-2H3. The van der Waals surface area contributed by atoms with Crippen LogP contribution in [-0.4, -0.2) is 53.6 Å². The van der Waals surface area contributed by atoms with Crippen molar-refractivity contribution in [3.8, 4) is 11.9 Å². The molecule has 1 saturated heterocycles. The van der Waals surface area contributed by atoms with Crippen molar-refractivity contribution in [3.63, 3.8) is 0 Å². The van der Waals surface area contributed by atoms with Crippen LogP contribution in [0.2, 0.25) is 0 Å². The SMILES string of the molecule is CCOc1nccnc1N1CCC(N(C)C(=O)c2ccc(C#N)cc2)C1. The van der Waals surface area contributed by atoms with Crippen molar-refractivity contribution in [2.75, 3.05) is 31.6 Å². The summed E-state index contributed by atoms with van der Waals surface area (Å²) < 4.78 is 5.56. The molecule has 7 heteroatoms. The number of benzene rings is 1. The van der Waals surface area contributed by atoms with Gasteiger partial charge < -0.3 is 14.5 Å². The van der Waals surface area contributed by atoms with Crippen molar-refractivity contribution >= 4 is 11.7 Å². The summed E-state index contributed by atoms with van der Waals surface area (Å²) in [6, 6.07) is 8.85. The molecular formula is C19H21N5O2. The Labute approximate surface area is 152 Å². The molecule has 1 amide bonds. The number of carbonyl (C=O) groups excluding carboxylic acids is 1. The molecule has 0 N–H and O–H groups in total. The lowest BCUT2D eigenvalue weighted by molar-refractivity contribution is 0.0745. The molecule has 0 bridgehead atoms.